The number of nitrogens with zero attached hydrogens (tertiary/aromatic N) is 2. The number of aliphatic hydroxyl groups excluding tert-OH is 1. The van der Waals surface area contributed by atoms with Gasteiger partial charge < -0.3 is 9.63 Å². The molecule has 3 rings (SSSR count). The Morgan fingerprint density at radius 1 is 1.42 bits per heavy atom. The van der Waals surface area contributed by atoms with Gasteiger partial charge >= 0.3 is 0 Å². The molecule has 0 bridgehead atoms. The Bertz CT molecular complexity index is 574. The smallest absolute Gasteiger partial charge is 0.170 e. The third-order valence-electron chi connectivity index (χ3n) is 3.91. The first-order chi connectivity index (χ1) is 9.15. The number of aliphatic hydroxyl groups is 1. The van der Waals surface area contributed by atoms with Crippen LogP contribution in [0.2, 0.25) is 0 Å². The van der Waals surface area contributed by atoms with Gasteiger partial charge in [0.1, 0.15) is 12.0 Å². The van der Waals surface area contributed by atoms with Crippen LogP contribution in [0.1, 0.15) is 31.4 Å². The molecule has 19 heavy (non-hydrogen) atoms. The maximum atomic E-state index is 13.1. The molecule has 2 aromatic rings. The molecular weight excluding hydrogens is 247 g/mol. The number of piperidine rings is 1. The van der Waals surface area contributed by atoms with Crippen LogP contribution < -0.4 is 0 Å². The van der Waals surface area contributed by atoms with Gasteiger partial charge in [-0.05, 0) is 31.9 Å². The van der Waals surface area contributed by atoms with Gasteiger partial charge in [-0.25, -0.2) is 4.39 Å². The van der Waals surface area contributed by atoms with Crippen LogP contribution in [0.4, 0.5) is 4.39 Å². The summed E-state index contributed by atoms with van der Waals surface area (Å²) < 4.78 is 18.3. The highest BCUT2D eigenvalue weighted by molar-refractivity contribution is 5.79. The van der Waals surface area contributed by atoms with Gasteiger partial charge in [0.05, 0.1) is 5.69 Å². The largest absolute Gasteiger partial charge is 0.379 e. The lowest BCUT2D eigenvalue weighted by molar-refractivity contribution is 0.00274. The van der Waals surface area contributed by atoms with E-state index in [1.807, 2.05) is 4.90 Å². The van der Waals surface area contributed by atoms with Crippen molar-refractivity contribution in [3.63, 3.8) is 0 Å². The van der Waals surface area contributed by atoms with Crippen molar-refractivity contribution in [1.82, 2.24) is 10.1 Å². The molecule has 0 aliphatic carbocycles. The summed E-state index contributed by atoms with van der Waals surface area (Å²) in [4.78, 5) is 2.04. The molecule has 0 saturated carbocycles. The van der Waals surface area contributed by atoms with Crippen molar-refractivity contribution in [3.8, 4) is 0 Å². The molecule has 1 aromatic heterocycles. The molecular formula is C14H17FN2O2. The summed E-state index contributed by atoms with van der Waals surface area (Å²) in [6, 6.07) is 4.54. The monoisotopic (exact) mass is 264 g/mol. The fourth-order valence-electron chi connectivity index (χ4n) is 2.77. The van der Waals surface area contributed by atoms with Crippen LogP contribution in [-0.2, 0) is 0 Å². The number of likely N-dealkylation sites (tertiary alicyclic amines) is 1. The van der Waals surface area contributed by atoms with Crippen molar-refractivity contribution < 1.29 is 14.0 Å². The first-order valence-electron chi connectivity index (χ1n) is 6.62. The fourth-order valence-corrected chi connectivity index (χ4v) is 2.77. The van der Waals surface area contributed by atoms with E-state index in [4.69, 9.17) is 4.52 Å². The number of aromatic nitrogens is 1. The maximum Gasteiger partial charge on any atom is 0.170 e. The van der Waals surface area contributed by atoms with Crippen molar-refractivity contribution in [2.24, 2.45) is 0 Å². The second-order valence-corrected chi connectivity index (χ2v) is 5.15. The van der Waals surface area contributed by atoms with E-state index in [0.717, 1.165) is 37.0 Å². The van der Waals surface area contributed by atoms with Crippen molar-refractivity contribution >= 4 is 11.0 Å². The Balaban J connectivity index is 1.82. The van der Waals surface area contributed by atoms with Crippen molar-refractivity contribution in [2.75, 3.05) is 13.1 Å². The summed E-state index contributed by atoms with van der Waals surface area (Å²) in [5.74, 6) is 0.0147. The van der Waals surface area contributed by atoms with Crippen LogP contribution in [0.15, 0.2) is 22.7 Å². The average molecular weight is 264 g/mol. The molecule has 0 spiro atoms. The van der Waals surface area contributed by atoms with Crippen LogP contribution >= 0.6 is 0 Å². The molecule has 0 amide bonds. The third kappa shape index (κ3) is 2.35. The van der Waals surface area contributed by atoms with E-state index in [1.54, 1.807) is 13.0 Å². The fraction of sp³-hybridized carbons (Fsp3) is 0.500. The summed E-state index contributed by atoms with van der Waals surface area (Å²) in [6.07, 6.45) is 1.47. The summed E-state index contributed by atoms with van der Waals surface area (Å²) >= 11 is 0. The summed E-state index contributed by atoms with van der Waals surface area (Å²) in [5.41, 5.74) is 1.42. The summed E-state index contributed by atoms with van der Waals surface area (Å²) in [6.45, 7) is 3.48. The first-order valence-corrected chi connectivity index (χ1v) is 6.62. The zero-order chi connectivity index (χ0) is 13.4. The number of hydrogen-bond donors (Lipinski definition) is 1. The quantitative estimate of drug-likeness (QED) is 0.905. The topological polar surface area (TPSA) is 49.5 Å². The van der Waals surface area contributed by atoms with Crippen LogP contribution in [0, 0.1) is 5.82 Å². The van der Waals surface area contributed by atoms with E-state index in [1.165, 1.54) is 12.1 Å². The van der Waals surface area contributed by atoms with Crippen LogP contribution in [0.3, 0.4) is 0 Å². The van der Waals surface area contributed by atoms with Gasteiger partial charge in [0.15, 0.2) is 5.58 Å². The van der Waals surface area contributed by atoms with E-state index in [2.05, 4.69) is 5.16 Å². The highest BCUT2D eigenvalue weighted by atomic mass is 19.1. The molecule has 4 nitrogen and oxygen atoms in total. The van der Waals surface area contributed by atoms with Gasteiger partial charge in [-0.15, -0.1) is 0 Å². The molecule has 1 unspecified atom stereocenters. The summed E-state index contributed by atoms with van der Waals surface area (Å²) in [7, 11) is 0. The van der Waals surface area contributed by atoms with Gasteiger partial charge in [-0.3, -0.25) is 4.90 Å². The minimum absolute atomic E-state index is 0.306. The first kappa shape index (κ1) is 12.6. The highest BCUT2D eigenvalue weighted by Gasteiger charge is 2.26. The van der Waals surface area contributed by atoms with Gasteiger partial charge in [0.25, 0.3) is 0 Å². The molecule has 1 N–H and O–H groups in total. The standard InChI is InChI=1S/C14H17FN2O2/c1-9(18)17-6-4-10(5-7-17)14-12-3-2-11(15)8-13(12)19-16-14/h2-3,8-10,18H,4-7H2,1H3. The average Bonchev–Trinajstić information content (AvgIpc) is 2.81. The molecule has 1 saturated heterocycles. The molecule has 1 aromatic carbocycles. The Morgan fingerprint density at radius 2 is 2.16 bits per heavy atom. The Kier molecular flexibility index (Phi) is 3.24. The number of rotatable bonds is 2. The molecule has 1 aliphatic heterocycles. The maximum absolute atomic E-state index is 13.1. The van der Waals surface area contributed by atoms with E-state index in [0.29, 0.717) is 11.5 Å². The number of halogens is 1. The minimum atomic E-state index is -0.399. The zero-order valence-corrected chi connectivity index (χ0v) is 10.8. The Hall–Kier alpha value is -1.46. The second-order valence-electron chi connectivity index (χ2n) is 5.15. The molecule has 0 radical (unpaired) electrons. The predicted molar refractivity (Wildman–Crippen MR) is 69.2 cm³/mol. The second kappa shape index (κ2) is 4.90. The van der Waals surface area contributed by atoms with Gasteiger partial charge in [0.2, 0.25) is 0 Å². The van der Waals surface area contributed by atoms with Crippen LogP contribution in [-0.4, -0.2) is 34.5 Å². The van der Waals surface area contributed by atoms with E-state index in [-0.39, 0.29) is 5.82 Å². The SMILES string of the molecule is CC(O)N1CCC(c2noc3cc(F)ccc23)CC1. The van der Waals surface area contributed by atoms with E-state index >= 15 is 0 Å². The molecule has 5 heteroatoms. The number of hydrogen-bond acceptors (Lipinski definition) is 4. The molecule has 102 valence electrons. The Labute approximate surface area is 110 Å². The minimum Gasteiger partial charge on any atom is -0.379 e. The molecule has 1 fully saturated rings. The van der Waals surface area contributed by atoms with E-state index < -0.39 is 6.23 Å². The van der Waals surface area contributed by atoms with Gasteiger partial charge in [-0.2, -0.15) is 0 Å². The molecule has 1 aliphatic rings. The van der Waals surface area contributed by atoms with Crippen molar-refractivity contribution in [1.29, 1.82) is 0 Å². The third-order valence-corrected chi connectivity index (χ3v) is 3.91. The van der Waals surface area contributed by atoms with Crippen molar-refractivity contribution in [3.05, 3.63) is 29.7 Å². The highest BCUT2D eigenvalue weighted by Crippen LogP contribution is 2.32. The predicted octanol–water partition coefficient (Wildman–Crippen LogP) is 2.48. The lowest BCUT2D eigenvalue weighted by atomic mass is 9.91. The van der Waals surface area contributed by atoms with Crippen LogP contribution in [0.5, 0.6) is 0 Å². The van der Waals surface area contributed by atoms with Gasteiger partial charge in [0, 0.05) is 30.5 Å². The lowest BCUT2D eigenvalue weighted by Gasteiger charge is -2.32. The zero-order valence-electron chi connectivity index (χ0n) is 10.8. The number of fused-ring (bicyclic) bond motifs is 1. The van der Waals surface area contributed by atoms with Crippen molar-refractivity contribution in [2.45, 2.75) is 31.9 Å². The number of benzene rings is 1. The van der Waals surface area contributed by atoms with Crippen LogP contribution in [0.25, 0.3) is 11.0 Å². The summed E-state index contributed by atoms with van der Waals surface area (Å²) in [5, 5.41) is 14.6. The molecule has 1 atom stereocenters. The van der Waals surface area contributed by atoms with Gasteiger partial charge in [-0.1, -0.05) is 5.16 Å². The normalized spacial score (nSPS) is 19.9. The molecule has 2 heterocycles. The Morgan fingerprint density at radius 3 is 2.84 bits per heavy atom. The lowest BCUT2D eigenvalue weighted by Crippen LogP contribution is -2.39. The van der Waals surface area contributed by atoms with E-state index in [9.17, 15) is 9.50 Å².